The lowest BCUT2D eigenvalue weighted by Crippen LogP contribution is -2.60. The molecule has 0 spiro atoms. The zero-order valence-corrected chi connectivity index (χ0v) is 36.5. The first-order chi connectivity index (χ1) is 28.7. The first-order valence-corrected chi connectivity index (χ1v) is 22.3. The van der Waals surface area contributed by atoms with E-state index in [9.17, 15) is 14.4 Å². The predicted molar refractivity (Wildman–Crippen MR) is 229 cm³/mol. The number of ether oxygens (including phenoxy) is 2. The molecule has 4 aliphatic heterocycles. The molecule has 2 N–H and O–H groups in total. The van der Waals surface area contributed by atoms with Crippen molar-refractivity contribution in [3.05, 3.63) is 47.3 Å². The average molecular weight is 849 g/mol. The summed E-state index contributed by atoms with van der Waals surface area (Å²) in [6, 6.07) is 5.79. The Hall–Kier alpha value is -4.12. The number of hydrazine groups is 1. The number of aliphatic imine (C=N–C) groups is 1. The fourth-order valence-electron chi connectivity index (χ4n) is 9.46. The SMILES string of the molecule is CCn1c(-c2cc(N3CCN(C)CC3)cnc2[C@H](C)OC)c2c3cc(ccc31)C1N=C(C[C@H](NC(=O)C3[C@@H](C)[C@H]3C)C(=O)N3CCC[C@H](N3)C(=O)OCC(F)(F)C2)SC1C. The van der Waals surface area contributed by atoms with Crippen LogP contribution < -0.4 is 15.6 Å². The maximum Gasteiger partial charge on any atom is 0.325 e. The van der Waals surface area contributed by atoms with Crippen molar-refractivity contribution in [1.82, 2.24) is 30.2 Å². The Labute approximate surface area is 355 Å². The van der Waals surface area contributed by atoms with Crippen LogP contribution in [0, 0.1) is 17.8 Å². The second-order valence-electron chi connectivity index (χ2n) is 17.4. The summed E-state index contributed by atoms with van der Waals surface area (Å²) in [5.41, 5.74) is 7.94. The molecule has 1 aromatic carbocycles. The molecule has 5 aliphatic rings. The number of amides is 2. The Morgan fingerprint density at radius 2 is 1.87 bits per heavy atom. The largest absolute Gasteiger partial charge is 0.458 e. The number of thioether (sulfide) groups is 1. The lowest BCUT2D eigenvalue weighted by atomic mass is 9.95. The molecule has 3 aromatic rings. The monoisotopic (exact) mass is 848 g/mol. The molecule has 1 saturated carbocycles. The standard InChI is InChI=1S/C44H58F2N8O5S/c1-8-53-35-12-11-28-18-30(35)32(40(53)31-19-29(22-47-38(31)26(4)58-7)52-16-14-51(6)15-17-52)21-44(45,46)23-59-43(57)33-10-9-13-54(50-33)42(56)34(20-36-49-39(28)27(5)60-36)48-41(55)37-24(2)25(37)3/h11-12,18-19,22,24-27,33-34,37,39,50H,8-10,13-17,20-21,23H2,1-7H3,(H,48,55)/t24-,25+,26-,27?,33-,34-,37?,39?/m0/s1. The van der Waals surface area contributed by atoms with Gasteiger partial charge >= 0.3 is 5.97 Å². The van der Waals surface area contributed by atoms with Crippen LogP contribution in [0.1, 0.15) is 82.8 Å². The third-order valence-electron chi connectivity index (χ3n) is 13.4. The Bertz CT molecular complexity index is 2170. The fraction of sp³-hybridized carbons (Fsp3) is 0.614. The summed E-state index contributed by atoms with van der Waals surface area (Å²) in [5, 5.41) is 5.72. The highest BCUT2D eigenvalue weighted by atomic mass is 32.2. The zero-order valence-electron chi connectivity index (χ0n) is 35.7. The van der Waals surface area contributed by atoms with Gasteiger partial charge in [0.2, 0.25) is 5.91 Å². The minimum atomic E-state index is -3.47. The van der Waals surface area contributed by atoms with E-state index in [4.69, 9.17) is 19.5 Å². The van der Waals surface area contributed by atoms with Crippen LogP contribution in [-0.2, 0) is 36.8 Å². The van der Waals surface area contributed by atoms with Crippen molar-refractivity contribution in [3.63, 3.8) is 0 Å². The number of hydrogen-bond acceptors (Lipinski definition) is 11. The molecule has 3 unspecified atom stereocenters. The summed E-state index contributed by atoms with van der Waals surface area (Å²) >= 11 is 1.56. The highest BCUT2D eigenvalue weighted by Gasteiger charge is 2.49. The summed E-state index contributed by atoms with van der Waals surface area (Å²) in [6.07, 6.45) is 1.66. The number of esters is 1. The first-order valence-electron chi connectivity index (χ1n) is 21.4. The zero-order chi connectivity index (χ0) is 42.6. The minimum absolute atomic E-state index is 0.0331. The molecule has 13 nitrogen and oxygen atoms in total. The summed E-state index contributed by atoms with van der Waals surface area (Å²) in [6.45, 7) is 13.1. The number of nitrogens with one attached hydrogen (secondary N) is 2. The van der Waals surface area contributed by atoms with Gasteiger partial charge in [0.05, 0.1) is 40.5 Å². The van der Waals surface area contributed by atoms with Gasteiger partial charge in [-0.15, -0.1) is 11.8 Å². The van der Waals surface area contributed by atoms with Gasteiger partial charge < -0.3 is 29.2 Å². The number of alkyl halides is 2. The van der Waals surface area contributed by atoms with E-state index < -0.39 is 49.0 Å². The summed E-state index contributed by atoms with van der Waals surface area (Å²) in [5.74, 6) is -4.67. The van der Waals surface area contributed by atoms with Crippen molar-refractivity contribution < 1.29 is 32.6 Å². The third kappa shape index (κ3) is 8.28. The Balaban J connectivity index is 1.26. The molecular weight excluding hydrogens is 791 g/mol. The van der Waals surface area contributed by atoms with Gasteiger partial charge in [0.1, 0.15) is 12.1 Å². The van der Waals surface area contributed by atoms with Crippen LogP contribution in [0.25, 0.3) is 22.2 Å². The lowest BCUT2D eigenvalue weighted by molar-refractivity contribution is -0.162. The number of piperazine rings is 1. The first kappa shape index (κ1) is 42.6. The lowest BCUT2D eigenvalue weighted by Gasteiger charge is -2.35. The van der Waals surface area contributed by atoms with Crippen molar-refractivity contribution in [1.29, 1.82) is 0 Å². The molecule has 1 aliphatic carbocycles. The smallest absolute Gasteiger partial charge is 0.325 e. The maximum absolute atomic E-state index is 16.6. The van der Waals surface area contributed by atoms with Crippen LogP contribution >= 0.6 is 11.8 Å². The van der Waals surface area contributed by atoms with Gasteiger partial charge in [-0.25, -0.2) is 14.2 Å². The summed E-state index contributed by atoms with van der Waals surface area (Å²) < 4.78 is 46.6. The third-order valence-corrected chi connectivity index (χ3v) is 14.6. The number of hydrogen-bond donors (Lipinski definition) is 2. The van der Waals surface area contributed by atoms with Crippen LogP contribution in [0.15, 0.2) is 35.5 Å². The van der Waals surface area contributed by atoms with E-state index in [-0.39, 0.29) is 47.9 Å². The van der Waals surface area contributed by atoms with E-state index in [1.165, 1.54) is 5.01 Å². The molecule has 60 heavy (non-hydrogen) atoms. The van der Waals surface area contributed by atoms with Gasteiger partial charge in [-0.05, 0) is 74.9 Å². The number of cyclic esters (lactones) is 1. The number of carbonyl (C=O) groups excluding carboxylic acids is 3. The molecular formula is C44H58F2N8O5S. The van der Waals surface area contributed by atoms with Crippen LogP contribution in [0.2, 0.25) is 0 Å². The number of benzene rings is 1. The van der Waals surface area contributed by atoms with Crippen molar-refractivity contribution >= 4 is 51.2 Å². The number of nitrogens with zero attached hydrogens (tertiary/aromatic N) is 6. The number of halogens is 2. The quantitative estimate of drug-likeness (QED) is 0.283. The maximum atomic E-state index is 16.6. The number of aromatic nitrogens is 2. The topological polar surface area (TPSA) is 134 Å². The molecule has 6 bridgehead atoms. The normalized spacial score (nSPS) is 29.2. The molecule has 8 rings (SSSR count). The fourth-order valence-corrected chi connectivity index (χ4v) is 10.7. The van der Waals surface area contributed by atoms with Gasteiger partial charge in [-0.3, -0.25) is 29.4 Å². The highest BCUT2D eigenvalue weighted by Crippen LogP contribution is 2.47. The molecule has 6 heterocycles. The van der Waals surface area contributed by atoms with Gasteiger partial charge in [-0.2, -0.15) is 0 Å². The molecule has 8 atom stereocenters. The van der Waals surface area contributed by atoms with Gasteiger partial charge in [0.25, 0.3) is 11.8 Å². The number of anilines is 1. The second-order valence-corrected chi connectivity index (χ2v) is 18.8. The van der Waals surface area contributed by atoms with Crippen LogP contribution in [-0.4, -0.2) is 119 Å². The van der Waals surface area contributed by atoms with E-state index in [2.05, 4.69) is 45.1 Å². The molecule has 2 saturated heterocycles. The molecule has 3 fully saturated rings. The number of aryl methyl sites for hydroxylation is 1. The highest BCUT2D eigenvalue weighted by molar-refractivity contribution is 8.14. The minimum Gasteiger partial charge on any atom is -0.458 e. The van der Waals surface area contributed by atoms with E-state index in [1.54, 1.807) is 18.9 Å². The predicted octanol–water partition coefficient (Wildman–Crippen LogP) is 5.76. The molecule has 2 amide bonds. The molecule has 16 heteroatoms. The number of methoxy groups -OCH3 is 1. The van der Waals surface area contributed by atoms with Gasteiger partial charge in [0.15, 0.2) is 6.61 Å². The number of rotatable bonds is 7. The van der Waals surface area contributed by atoms with Crippen LogP contribution in [0.5, 0.6) is 0 Å². The number of likely N-dealkylation sites (N-methyl/N-ethyl adjacent to an activating group) is 1. The average Bonchev–Trinajstić information content (AvgIpc) is 3.51. The Kier molecular flexibility index (Phi) is 12.0. The van der Waals surface area contributed by atoms with Gasteiger partial charge in [0, 0.05) is 86.9 Å². The van der Waals surface area contributed by atoms with Gasteiger partial charge in [-0.1, -0.05) is 26.8 Å². The van der Waals surface area contributed by atoms with E-state index in [0.717, 1.165) is 53.6 Å². The van der Waals surface area contributed by atoms with Crippen LogP contribution in [0.3, 0.4) is 0 Å². The van der Waals surface area contributed by atoms with E-state index in [0.29, 0.717) is 41.7 Å². The second kappa shape index (κ2) is 17.0. The number of carbonyl (C=O) groups is 3. The van der Waals surface area contributed by atoms with Crippen molar-refractivity contribution in [2.75, 3.05) is 58.4 Å². The van der Waals surface area contributed by atoms with Crippen molar-refractivity contribution in [2.45, 2.75) is 102 Å². The molecule has 0 radical (unpaired) electrons. The number of fused-ring (bicyclic) bond motifs is 5. The van der Waals surface area contributed by atoms with Crippen molar-refractivity contribution in [2.24, 2.45) is 22.7 Å². The van der Waals surface area contributed by atoms with E-state index >= 15 is 8.78 Å². The van der Waals surface area contributed by atoms with Crippen molar-refractivity contribution in [3.8, 4) is 11.3 Å². The number of pyridine rings is 1. The van der Waals surface area contributed by atoms with E-state index in [1.807, 2.05) is 52.1 Å². The molecule has 2 aromatic heterocycles. The summed E-state index contributed by atoms with van der Waals surface area (Å²) in [4.78, 5) is 55.9. The Morgan fingerprint density at radius 3 is 2.57 bits per heavy atom. The summed E-state index contributed by atoms with van der Waals surface area (Å²) in [7, 11) is 3.72. The molecule has 324 valence electrons. The Morgan fingerprint density at radius 1 is 1.12 bits per heavy atom. The van der Waals surface area contributed by atoms with Crippen LogP contribution in [0.4, 0.5) is 14.5 Å².